The van der Waals surface area contributed by atoms with Gasteiger partial charge in [-0.05, 0) is 50.3 Å². The molecule has 0 saturated carbocycles. The second-order valence-corrected chi connectivity index (χ2v) is 15.5. The van der Waals surface area contributed by atoms with E-state index in [0.29, 0.717) is 11.9 Å². The Hall–Kier alpha value is -0.666. The highest BCUT2D eigenvalue weighted by molar-refractivity contribution is 9.11. The molecule has 1 rings (SSSR count). The molecule has 0 atom stereocenters. The molecule has 7 heteroatoms. The first kappa shape index (κ1) is 16.4. The van der Waals surface area contributed by atoms with E-state index < -0.39 is 16.6 Å². The van der Waals surface area contributed by atoms with Gasteiger partial charge in [0.05, 0.1) is 5.56 Å². The number of halogens is 1. The summed E-state index contributed by atoms with van der Waals surface area (Å²) in [4.78, 5) is 10.4. The van der Waals surface area contributed by atoms with Gasteiger partial charge in [-0.2, -0.15) is 4.98 Å². The average Bonchev–Trinajstić information content (AvgIpc) is 2.17. The summed E-state index contributed by atoms with van der Waals surface area (Å²) in [5.41, 5.74) is 0.849. The summed E-state index contributed by atoms with van der Waals surface area (Å²) < 4.78 is 11.8. The lowest BCUT2D eigenvalue weighted by Crippen LogP contribution is -2.32. The number of hydrogen-bond acceptors (Lipinski definition) is 4. The molecule has 0 bridgehead atoms. The maximum Gasteiger partial charge on any atom is 0.305 e. The van der Waals surface area contributed by atoms with Gasteiger partial charge in [-0.3, -0.25) is 0 Å². The van der Waals surface area contributed by atoms with Crippen molar-refractivity contribution >= 4 is 38.6 Å². The summed E-state index contributed by atoms with van der Waals surface area (Å²) in [6.07, 6.45) is 3.60. The first-order valence-electron chi connectivity index (χ1n) is 6.12. The van der Waals surface area contributed by atoms with E-state index in [0.717, 1.165) is 5.56 Å². The van der Waals surface area contributed by atoms with E-state index in [1.54, 1.807) is 11.2 Å². The Balaban J connectivity index is 3.11. The lowest BCUT2D eigenvalue weighted by Gasteiger charge is -2.22. The fourth-order valence-corrected chi connectivity index (χ4v) is 2.91. The van der Waals surface area contributed by atoms with E-state index in [9.17, 15) is 0 Å². The van der Waals surface area contributed by atoms with E-state index in [4.69, 9.17) is 8.85 Å². The summed E-state index contributed by atoms with van der Waals surface area (Å²) >= 11 is 3.26. The smallest absolute Gasteiger partial charge is 0.305 e. The van der Waals surface area contributed by atoms with Gasteiger partial charge in [-0.15, -0.1) is 0 Å². The maximum atomic E-state index is 5.99. The molecule has 0 amide bonds. The maximum absolute atomic E-state index is 5.99. The van der Waals surface area contributed by atoms with E-state index in [-0.39, 0.29) is 0 Å². The summed E-state index contributed by atoms with van der Waals surface area (Å²) in [6, 6.07) is 0.402. The topological polar surface area (TPSA) is 44.2 Å². The molecule has 0 aromatic carbocycles. The number of rotatable bonds is 5. The van der Waals surface area contributed by atoms with Crippen LogP contribution in [0, 0.1) is 0 Å². The molecular weight excluding hydrogens is 340 g/mol. The van der Waals surface area contributed by atoms with Gasteiger partial charge in [-0.25, -0.2) is 4.98 Å². The van der Waals surface area contributed by atoms with Crippen LogP contribution < -0.4 is 8.85 Å². The van der Waals surface area contributed by atoms with Gasteiger partial charge in [0.15, 0.2) is 0 Å². The molecule has 1 aromatic heterocycles. The number of aromatic nitrogens is 2. The minimum Gasteiger partial charge on any atom is -0.531 e. The molecule has 106 valence electrons. The zero-order valence-corrected chi connectivity index (χ0v) is 15.9. The lowest BCUT2D eigenvalue weighted by molar-refractivity contribution is 0.475. The monoisotopic (exact) mass is 360 g/mol. The quantitative estimate of drug-likeness (QED) is 0.735. The van der Waals surface area contributed by atoms with Crippen molar-refractivity contribution in [2.45, 2.75) is 39.3 Å². The van der Waals surface area contributed by atoms with Gasteiger partial charge in [0.25, 0.3) is 0 Å². The van der Waals surface area contributed by atoms with Crippen LogP contribution in [0.3, 0.4) is 0 Å². The predicted octanol–water partition coefficient (Wildman–Crippen LogP) is 4.27. The lowest BCUT2D eigenvalue weighted by atomic mass is 10.3. The van der Waals surface area contributed by atoms with Gasteiger partial charge in [0.2, 0.25) is 22.5 Å². The Labute approximate surface area is 125 Å². The van der Waals surface area contributed by atoms with Gasteiger partial charge in [0.1, 0.15) is 0 Å². The van der Waals surface area contributed by atoms with Crippen molar-refractivity contribution in [2.24, 2.45) is 0 Å². The molecule has 0 unspecified atom stereocenters. The number of hydrogen-bond donors (Lipinski definition) is 0. The van der Waals surface area contributed by atoms with Crippen LogP contribution in [0.25, 0.3) is 6.08 Å². The highest BCUT2D eigenvalue weighted by Crippen LogP contribution is 2.23. The molecule has 4 nitrogen and oxygen atoms in total. The largest absolute Gasteiger partial charge is 0.531 e. The Morgan fingerprint density at radius 3 is 2.11 bits per heavy atom. The van der Waals surface area contributed by atoms with Crippen molar-refractivity contribution in [3.63, 3.8) is 0 Å². The fourth-order valence-electron chi connectivity index (χ4n) is 1.24. The Bertz CT molecular complexity index is 468. The Morgan fingerprint density at radius 1 is 1.05 bits per heavy atom. The fraction of sp³-hybridized carbons (Fsp3) is 0.500. The molecule has 0 spiro atoms. The summed E-state index contributed by atoms with van der Waals surface area (Å²) in [5.74, 6) is 0.595. The molecule has 0 fully saturated rings. The number of nitrogens with zero attached hydrogens (tertiary/aromatic N) is 2. The van der Waals surface area contributed by atoms with Crippen LogP contribution in [0.2, 0.25) is 39.3 Å². The van der Waals surface area contributed by atoms with Gasteiger partial charge >= 0.3 is 6.01 Å². The SMILES string of the molecule is C[Si](C)(C)Oc1ncc(/C=C/Br)c(O[Si](C)(C)C)n1. The molecule has 1 aromatic rings. The summed E-state index contributed by atoms with van der Waals surface area (Å²) in [7, 11) is -3.44. The third kappa shape index (κ3) is 6.35. The second-order valence-electron chi connectivity index (χ2n) is 6.13. The molecule has 0 radical (unpaired) electrons. The zero-order valence-electron chi connectivity index (χ0n) is 12.3. The average molecular weight is 361 g/mol. The van der Waals surface area contributed by atoms with E-state index in [1.165, 1.54) is 0 Å². The minimum atomic E-state index is -1.72. The molecule has 0 aliphatic heterocycles. The summed E-state index contributed by atoms with van der Waals surface area (Å²) in [5, 5.41) is 0. The molecule has 19 heavy (non-hydrogen) atoms. The molecule has 1 heterocycles. The minimum absolute atomic E-state index is 0.402. The normalized spacial score (nSPS) is 12.8. The third-order valence-electron chi connectivity index (χ3n) is 1.80. The van der Waals surface area contributed by atoms with Crippen molar-refractivity contribution in [2.75, 3.05) is 0 Å². The van der Waals surface area contributed by atoms with Crippen LogP contribution in [-0.2, 0) is 0 Å². The first-order valence-corrected chi connectivity index (χ1v) is 13.9. The van der Waals surface area contributed by atoms with Crippen LogP contribution in [0.4, 0.5) is 0 Å². The van der Waals surface area contributed by atoms with Crippen molar-refractivity contribution < 1.29 is 8.85 Å². The molecule has 0 aliphatic rings. The zero-order chi connectivity index (χ0) is 14.7. The second kappa shape index (κ2) is 6.19. The van der Waals surface area contributed by atoms with E-state index in [2.05, 4.69) is 65.2 Å². The van der Waals surface area contributed by atoms with Crippen molar-refractivity contribution in [3.05, 3.63) is 16.7 Å². The van der Waals surface area contributed by atoms with Crippen LogP contribution in [0.15, 0.2) is 11.2 Å². The molecule has 0 saturated heterocycles. The molecule has 0 aliphatic carbocycles. The van der Waals surface area contributed by atoms with E-state index >= 15 is 0 Å². The third-order valence-corrected chi connectivity index (χ3v) is 3.67. The first-order chi connectivity index (χ1) is 8.61. The van der Waals surface area contributed by atoms with Crippen LogP contribution in [-0.4, -0.2) is 26.6 Å². The van der Waals surface area contributed by atoms with Crippen molar-refractivity contribution in [3.8, 4) is 11.9 Å². The standard InChI is InChI=1S/C12H21BrN2O2Si2/c1-18(2,3)16-11-10(7-8-13)9-14-12(15-11)17-19(4,5)6/h7-9H,1-6H3/b8-7+. The van der Waals surface area contributed by atoms with Crippen LogP contribution >= 0.6 is 15.9 Å². The predicted molar refractivity (Wildman–Crippen MR) is 87.9 cm³/mol. The van der Waals surface area contributed by atoms with Crippen LogP contribution in [0.1, 0.15) is 5.56 Å². The molecule has 0 N–H and O–H groups in total. The van der Waals surface area contributed by atoms with Gasteiger partial charge in [-0.1, -0.05) is 15.9 Å². The Morgan fingerprint density at radius 2 is 1.63 bits per heavy atom. The Kier molecular flexibility index (Phi) is 5.34. The van der Waals surface area contributed by atoms with E-state index in [1.807, 2.05) is 6.08 Å². The van der Waals surface area contributed by atoms with Gasteiger partial charge in [0, 0.05) is 6.20 Å². The van der Waals surface area contributed by atoms with Crippen molar-refractivity contribution in [1.82, 2.24) is 9.97 Å². The molecular formula is C12H21BrN2O2Si2. The summed E-state index contributed by atoms with van der Waals surface area (Å²) in [6.45, 7) is 12.7. The van der Waals surface area contributed by atoms with Crippen molar-refractivity contribution in [1.29, 1.82) is 0 Å². The highest BCUT2D eigenvalue weighted by Gasteiger charge is 2.22. The van der Waals surface area contributed by atoms with Gasteiger partial charge < -0.3 is 8.85 Å². The highest BCUT2D eigenvalue weighted by atomic mass is 79.9. The van der Waals surface area contributed by atoms with Crippen LogP contribution in [0.5, 0.6) is 11.9 Å².